The minimum Gasteiger partial charge on any atom is -0.377 e. The first kappa shape index (κ1) is 11.4. The molecule has 1 saturated heterocycles. The molecule has 3 atom stereocenters. The van der Waals surface area contributed by atoms with E-state index in [2.05, 4.69) is 4.90 Å². The molecule has 0 bridgehead atoms. The van der Waals surface area contributed by atoms with Crippen LogP contribution in [0.4, 0.5) is 0 Å². The van der Waals surface area contributed by atoms with Crippen molar-refractivity contribution in [3.05, 3.63) is 0 Å². The number of nitrogens with two attached hydrogens (primary N) is 1. The molecule has 5 heteroatoms. The average Bonchev–Trinajstić information content (AvgIpc) is 2.59. The number of ether oxygens (including phenoxy) is 2. The second kappa shape index (κ2) is 5.27. The van der Waals surface area contributed by atoms with Gasteiger partial charge in [0.2, 0.25) is 0 Å². The van der Waals surface area contributed by atoms with E-state index < -0.39 is 6.04 Å². The lowest BCUT2D eigenvalue weighted by molar-refractivity contribution is -0.00461. The van der Waals surface area contributed by atoms with Gasteiger partial charge in [0, 0.05) is 33.9 Å². The normalized spacial score (nSPS) is 30.1. The van der Waals surface area contributed by atoms with Gasteiger partial charge in [0.15, 0.2) is 0 Å². The second-order valence-corrected chi connectivity index (χ2v) is 3.50. The monoisotopic (exact) mass is 199 g/mol. The number of likely N-dealkylation sites (tertiary alicyclic amines) is 1. The minimum absolute atomic E-state index is 0.0888. The molecule has 0 amide bonds. The van der Waals surface area contributed by atoms with E-state index in [0.29, 0.717) is 6.54 Å². The second-order valence-electron chi connectivity index (χ2n) is 3.50. The smallest absolute Gasteiger partial charge is 0.106 e. The fourth-order valence-corrected chi connectivity index (χ4v) is 1.74. The maximum Gasteiger partial charge on any atom is 0.106 e. The van der Waals surface area contributed by atoms with Crippen LogP contribution in [0.3, 0.4) is 0 Å². The number of hydrogen-bond acceptors (Lipinski definition) is 5. The van der Waals surface area contributed by atoms with Crippen molar-refractivity contribution in [1.82, 2.24) is 4.90 Å². The van der Waals surface area contributed by atoms with E-state index in [1.165, 1.54) is 0 Å². The molecular weight excluding hydrogens is 182 g/mol. The van der Waals surface area contributed by atoms with E-state index in [9.17, 15) is 0 Å². The van der Waals surface area contributed by atoms with Crippen molar-refractivity contribution >= 4 is 0 Å². The van der Waals surface area contributed by atoms with Gasteiger partial charge in [-0.3, -0.25) is 4.90 Å². The molecule has 0 aromatic carbocycles. The van der Waals surface area contributed by atoms with Crippen LogP contribution in [-0.4, -0.2) is 57.0 Å². The molecule has 1 aliphatic heterocycles. The third-order valence-electron chi connectivity index (χ3n) is 2.52. The fraction of sp³-hybridized carbons (Fsp3) is 0.889. The van der Waals surface area contributed by atoms with E-state index in [4.69, 9.17) is 20.5 Å². The van der Waals surface area contributed by atoms with Crippen LogP contribution >= 0.6 is 0 Å². The Kier molecular flexibility index (Phi) is 4.29. The van der Waals surface area contributed by atoms with E-state index in [1.54, 1.807) is 14.2 Å². The van der Waals surface area contributed by atoms with Crippen LogP contribution in [0.5, 0.6) is 0 Å². The van der Waals surface area contributed by atoms with Gasteiger partial charge in [-0.25, -0.2) is 0 Å². The van der Waals surface area contributed by atoms with Gasteiger partial charge < -0.3 is 15.2 Å². The van der Waals surface area contributed by atoms with Gasteiger partial charge in [0.25, 0.3) is 0 Å². The highest BCUT2D eigenvalue weighted by Crippen LogP contribution is 2.15. The van der Waals surface area contributed by atoms with Gasteiger partial charge in [0.05, 0.1) is 18.3 Å². The van der Waals surface area contributed by atoms with E-state index in [0.717, 1.165) is 13.1 Å². The third kappa shape index (κ3) is 2.66. The van der Waals surface area contributed by atoms with Gasteiger partial charge in [-0.2, -0.15) is 5.26 Å². The molecular formula is C9H17N3O2. The summed E-state index contributed by atoms with van der Waals surface area (Å²) in [5.74, 6) is 0. The fourth-order valence-electron chi connectivity index (χ4n) is 1.74. The Bertz CT molecular complexity index is 205. The lowest BCUT2D eigenvalue weighted by atomic mass is 10.3. The molecule has 1 heterocycles. The van der Waals surface area contributed by atoms with Crippen LogP contribution in [0.15, 0.2) is 0 Å². The number of nitrogens with zero attached hydrogens (tertiary/aromatic N) is 2. The average molecular weight is 199 g/mol. The van der Waals surface area contributed by atoms with Crippen molar-refractivity contribution in [3.8, 4) is 6.07 Å². The van der Waals surface area contributed by atoms with Crippen LogP contribution in [0.1, 0.15) is 0 Å². The zero-order valence-corrected chi connectivity index (χ0v) is 8.64. The van der Waals surface area contributed by atoms with Crippen molar-refractivity contribution in [2.24, 2.45) is 5.73 Å². The predicted molar refractivity (Wildman–Crippen MR) is 51.6 cm³/mol. The topological polar surface area (TPSA) is 71.5 Å². The summed E-state index contributed by atoms with van der Waals surface area (Å²) in [6, 6.07) is 1.58. The maximum atomic E-state index is 8.58. The molecule has 0 aliphatic carbocycles. The highest BCUT2D eigenvalue weighted by atomic mass is 16.5. The molecule has 3 unspecified atom stereocenters. The Morgan fingerprint density at radius 3 is 2.29 bits per heavy atom. The summed E-state index contributed by atoms with van der Waals surface area (Å²) in [7, 11) is 3.34. The summed E-state index contributed by atoms with van der Waals surface area (Å²) in [5.41, 5.74) is 5.54. The summed E-state index contributed by atoms with van der Waals surface area (Å²) >= 11 is 0. The number of nitriles is 1. The van der Waals surface area contributed by atoms with Crippen molar-refractivity contribution in [2.75, 3.05) is 33.9 Å². The number of hydrogen-bond donors (Lipinski definition) is 1. The summed E-state index contributed by atoms with van der Waals surface area (Å²) in [6.45, 7) is 2.14. The zero-order valence-electron chi connectivity index (χ0n) is 8.64. The van der Waals surface area contributed by atoms with Crippen molar-refractivity contribution < 1.29 is 9.47 Å². The molecule has 0 saturated carbocycles. The van der Waals surface area contributed by atoms with Crippen molar-refractivity contribution in [1.29, 1.82) is 5.26 Å². The molecule has 0 aromatic rings. The maximum absolute atomic E-state index is 8.58. The van der Waals surface area contributed by atoms with E-state index in [-0.39, 0.29) is 12.2 Å². The van der Waals surface area contributed by atoms with E-state index >= 15 is 0 Å². The SMILES string of the molecule is COC1CN(CC(N)C#N)CC1OC. The summed E-state index contributed by atoms with van der Waals surface area (Å²) in [5, 5.41) is 8.58. The first-order valence-corrected chi connectivity index (χ1v) is 4.64. The molecule has 5 nitrogen and oxygen atoms in total. The van der Waals surface area contributed by atoms with Crippen LogP contribution in [-0.2, 0) is 9.47 Å². The first-order valence-electron chi connectivity index (χ1n) is 4.64. The zero-order chi connectivity index (χ0) is 10.6. The van der Waals surface area contributed by atoms with Gasteiger partial charge in [-0.05, 0) is 0 Å². The van der Waals surface area contributed by atoms with Gasteiger partial charge in [-0.1, -0.05) is 0 Å². The number of methoxy groups -OCH3 is 2. The molecule has 80 valence electrons. The van der Waals surface area contributed by atoms with Crippen LogP contribution in [0.2, 0.25) is 0 Å². The molecule has 1 fully saturated rings. The van der Waals surface area contributed by atoms with Crippen LogP contribution in [0, 0.1) is 11.3 Å². The predicted octanol–water partition coefficient (Wildman–Crippen LogP) is -0.817. The highest BCUT2D eigenvalue weighted by molar-refractivity contribution is 4.93. The molecule has 0 radical (unpaired) electrons. The Morgan fingerprint density at radius 1 is 1.43 bits per heavy atom. The largest absolute Gasteiger partial charge is 0.377 e. The molecule has 1 rings (SSSR count). The lowest BCUT2D eigenvalue weighted by Crippen LogP contribution is -2.36. The third-order valence-corrected chi connectivity index (χ3v) is 2.52. The molecule has 1 aliphatic rings. The molecule has 14 heavy (non-hydrogen) atoms. The summed E-state index contributed by atoms with van der Waals surface area (Å²) < 4.78 is 10.5. The molecule has 2 N–H and O–H groups in total. The Hall–Kier alpha value is -0.670. The van der Waals surface area contributed by atoms with Crippen LogP contribution in [0.25, 0.3) is 0 Å². The highest BCUT2D eigenvalue weighted by Gasteiger charge is 2.33. The van der Waals surface area contributed by atoms with Gasteiger partial charge in [0.1, 0.15) is 6.04 Å². The van der Waals surface area contributed by atoms with Crippen LogP contribution < -0.4 is 5.73 Å². The Balaban J connectivity index is 2.41. The van der Waals surface area contributed by atoms with Gasteiger partial charge >= 0.3 is 0 Å². The Labute approximate surface area is 84.4 Å². The standard InChI is InChI=1S/C9H17N3O2/c1-13-8-5-12(4-7(11)3-10)6-9(8)14-2/h7-9H,4-6,11H2,1-2H3. The summed E-state index contributed by atoms with van der Waals surface area (Å²) in [6.07, 6.45) is 0.178. The minimum atomic E-state index is -0.428. The van der Waals surface area contributed by atoms with Crippen molar-refractivity contribution in [2.45, 2.75) is 18.2 Å². The Morgan fingerprint density at radius 2 is 1.93 bits per heavy atom. The quantitative estimate of drug-likeness (QED) is 0.640. The van der Waals surface area contributed by atoms with Crippen molar-refractivity contribution in [3.63, 3.8) is 0 Å². The number of rotatable bonds is 4. The summed E-state index contributed by atoms with van der Waals surface area (Å²) in [4.78, 5) is 2.09. The lowest BCUT2D eigenvalue weighted by Gasteiger charge is -2.15. The van der Waals surface area contributed by atoms with Gasteiger partial charge in [-0.15, -0.1) is 0 Å². The van der Waals surface area contributed by atoms with E-state index in [1.807, 2.05) is 6.07 Å². The first-order chi connectivity index (χ1) is 6.71. The molecule has 0 aromatic heterocycles. The molecule has 0 spiro atoms.